The van der Waals surface area contributed by atoms with Crippen LogP contribution in [-0.2, 0) is 0 Å². The molecule has 0 amide bonds. The molecule has 0 nitrogen and oxygen atoms in total. The van der Waals surface area contributed by atoms with Gasteiger partial charge in [-0.05, 0) is 17.7 Å². The van der Waals surface area contributed by atoms with Crippen molar-refractivity contribution in [2.75, 3.05) is 0 Å². The van der Waals surface area contributed by atoms with Gasteiger partial charge in [0.2, 0.25) is 6.43 Å². The van der Waals surface area contributed by atoms with Crippen LogP contribution in [-0.4, -0.2) is 18.8 Å². The lowest BCUT2D eigenvalue weighted by atomic mass is 9.96. The second-order valence-corrected chi connectivity index (χ2v) is 15.3. The van der Waals surface area contributed by atoms with Gasteiger partial charge in [0, 0.05) is 18.7 Å². The van der Waals surface area contributed by atoms with Crippen molar-refractivity contribution in [2.24, 2.45) is 35.0 Å². The van der Waals surface area contributed by atoms with Gasteiger partial charge in [-0.3, -0.25) is 0 Å². The zero-order chi connectivity index (χ0) is 49.8. The lowest BCUT2D eigenvalue weighted by Gasteiger charge is -2.21. The summed E-state index contributed by atoms with van der Waals surface area (Å²) in [6, 6.07) is 0. The maximum absolute atomic E-state index is 11.6. The normalized spacial score (nSPS) is 12.1. The number of alkyl halides is 8. The summed E-state index contributed by atoms with van der Waals surface area (Å²) in [7, 11) is 0. The van der Waals surface area contributed by atoms with Crippen molar-refractivity contribution >= 4 is 0 Å². The van der Waals surface area contributed by atoms with Gasteiger partial charge in [-0.2, -0.15) is 26.3 Å². The first kappa shape index (κ1) is 63.4. The Morgan fingerprint density at radius 2 is 0.635 bits per heavy atom. The van der Waals surface area contributed by atoms with Crippen LogP contribution in [0.4, 0.5) is 35.1 Å². The molecule has 0 rings (SSSR count). The van der Waals surface area contributed by atoms with Crippen LogP contribution in [0.1, 0.15) is 245 Å². The molecular formula is C44H102F8. The molecule has 0 N–H and O–H groups in total. The molecule has 0 radical (unpaired) electrons. The molecule has 0 aromatic carbocycles. The van der Waals surface area contributed by atoms with E-state index in [1.54, 1.807) is 6.92 Å². The van der Waals surface area contributed by atoms with Gasteiger partial charge >= 0.3 is 12.4 Å². The van der Waals surface area contributed by atoms with E-state index in [1.807, 2.05) is 27.7 Å². The Morgan fingerprint density at radius 1 is 0.500 bits per heavy atom. The van der Waals surface area contributed by atoms with Gasteiger partial charge in [0.15, 0.2) is 0 Å². The second kappa shape index (κ2) is 62.4. The van der Waals surface area contributed by atoms with Gasteiger partial charge < -0.3 is 0 Å². The molecule has 334 valence electrons. The Morgan fingerprint density at radius 3 is 0.635 bits per heavy atom. The predicted molar refractivity (Wildman–Crippen MR) is 227 cm³/mol. The predicted octanol–water partition coefficient (Wildman–Crippen LogP) is 20.3. The minimum atomic E-state index is -4.06. The molecule has 52 heavy (non-hydrogen) atoms. The maximum atomic E-state index is 11.6. The second-order valence-electron chi connectivity index (χ2n) is 15.3. The summed E-state index contributed by atoms with van der Waals surface area (Å²) in [5.74, 6) is -0.266. The van der Waals surface area contributed by atoms with Crippen LogP contribution >= 0.6 is 0 Å². The molecule has 0 aromatic rings. The number of hydrogen-bond donors (Lipinski definition) is 0. The van der Waals surface area contributed by atoms with E-state index in [2.05, 4.69) is 83.1 Å². The van der Waals surface area contributed by atoms with Crippen LogP contribution in [0.3, 0.4) is 0 Å². The van der Waals surface area contributed by atoms with E-state index in [9.17, 15) is 35.1 Å². The third kappa shape index (κ3) is 230. The molecule has 0 fully saturated rings. The first-order valence-corrected chi connectivity index (χ1v) is 19.5. The van der Waals surface area contributed by atoms with Gasteiger partial charge in [-0.25, -0.2) is 8.78 Å². The average Bonchev–Trinajstić information content (AvgIpc) is 2.91. The van der Waals surface area contributed by atoms with Crippen LogP contribution in [0.15, 0.2) is 0 Å². The number of hydrogen-bond acceptors (Lipinski definition) is 0. The lowest BCUT2D eigenvalue weighted by Crippen LogP contribution is -2.28. The summed E-state index contributed by atoms with van der Waals surface area (Å²) in [5, 5.41) is 0. The topological polar surface area (TPSA) is 0 Å². The zero-order valence-corrected chi connectivity index (χ0v) is 39.9. The van der Waals surface area contributed by atoms with E-state index in [0.717, 1.165) is 46.5 Å². The molecule has 0 aliphatic rings. The number of unbranched alkanes of at least 4 members (excludes halogenated alkanes) is 3. The minimum absolute atomic E-state index is 0.250. The highest BCUT2D eigenvalue weighted by molar-refractivity contribution is 4.70. The SMILES string of the molecule is CC(C)(C)C(F)(F)F.CC(C)C.CC(C)C.CC(C)C(F)(F)F.CC(C)C(F)F.CCC.CCCC.CCCCC.[2H]C(C)(C)C.[2H]C([2H])(C)C.[2H]C([2H])(C)CC. The zero-order valence-electron chi connectivity index (χ0n) is 44.9. The highest BCUT2D eigenvalue weighted by Gasteiger charge is 2.42. The van der Waals surface area contributed by atoms with Crippen molar-refractivity contribution in [3.63, 3.8) is 0 Å². The molecule has 0 aliphatic heterocycles. The van der Waals surface area contributed by atoms with Crippen molar-refractivity contribution < 1.29 is 42.0 Å². The summed E-state index contributed by atoms with van der Waals surface area (Å²) in [6.45, 7) is 46.7. The summed E-state index contributed by atoms with van der Waals surface area (Å²) in [4.78, 5) is 0. The van der Waals surface area contributed by atoms with E-state index < -0.39 is 48.8 Å². The van der Waals surface area contributed by atoms with Crippen molar-refractivity contribution in [3.05, 3.63) is 0 Å². The largest absolute Gasteiger partial charge is 0.393 e. The molecule has 0 atom stereocenters. The van der Waals surface area contributed by atoms with E-state index in [0.29, 0.717) is 6.42 Å². The van der Waals surface area contributed by atoms with E-state index in [4.69, 9.17) is 6.85 Å². The molecule has 0 unspecified atom stereocenters. The number of halogens is 8. The Labute approximate surface area is 333 Å². The minimum Gasteiger partial charge on any atom is -0.210 e. The first-order valence-electron chi connectivity index (χ1n) is 22.0. The van der Waals surface area contributed by atoms with E-state index >= 15 is 0 Å². The number of rotatable bonds is 5. The van der Waals surface area contributed by atoms with Gasteiger partial charge in [0.05, 0.1) is 5.41 Å². The molecular weight excluding hydrogens is 680 g/mol. The standard InChI is InChI=1S/C5H9F3.C5H12.C4H7F3.C4H8F2.5C4H10.2C3H8/c1-4(2,3)5(6,7)8;1-3-5-4-2;1-3(2)4(5,6)7;1-3(2)4(5)6;3*1-4(2)3;2*1-3-4-2;2*1-3-2/h1-3H3;3-5H2,1-2H3;3H,1-2H3;3-4H,1-2H3;3*4H,1-3H3;2*3-4H2,1-2H3;2*3H2,1-2H3/i;;;;4D;;;3D2;;3D2;. The molecule has 0 saturated carbocycles. The summed E-state index contributed by atoms with van der Waals surface area (Å²) in [6.07, 6.45) is -3.60. The molecule has 8 heteroatoms. The Bertz CT molecular complexity index is 612. The third-order valence-electron chi connectivity index (χ3n) is 3.57. The molecule has 0 heterocycles. The Kier molecular flexibility index (Phi) is 76.1. The van der Waals surface area contributed by atoms with Crippen LogP contribution < -0.4 is 0 Å². The third-order valence-corrected chi connectivity index (χ3v) is 3.57. The van der Waals surface area contributed by atoms with Crippen LogP contribution in [0.5, 0.6) is 0 Å². The van der Waals surface area contributed by atoms with Crippen molar-refractivity contribution in [1.29, 1.82) is 0 Å². The van der Waals surface area contributed by atoms with E-state index in [-0.39, 0.29) is 5.89 Å². The fraction of sp³-hybridized carbons (Fsp3) is 1.00. The summed E-state index contributed by atoms with van der Waals surface area (Å²) < 4.78 is 124. The van der Waals surface area contributed by atoms with Gasteiger partial charge in [-0.1, -0.05) is 238 Å². The smallest absolute Gasteiger partial charge is 0.210 e. The maximum Gasteiger partial charge on any atom is 0.393 e. The fourth-order valence-corrected chi connectivity index (χ4v) is 0.354. The molecule has 0 bridgehead atoms. The first-order chi connectivity index (χ1) is 24.6. The van der Waals surface area contributed by atoms with Crippen LogP contribution in [0.2, 0.25) is 0 Å². The van der Waals surface area contributed by atoms with Gasteiger partial charge in [0.1, 0.15) is 0 Å². The van der Waals surface area contributed by atoms with Crippen LogP contribution in [0.25, 0.3) is 0 Å². The molecule has 0 aliphatic carbocycles. The highest BCUT2D eigenvalue weighted by atomic mass is 19.4. The molecule has 0 spiro atoms. The van der Waals surface area contributed by atoms with Gasteiger partial charge in [-0.15, -0.1) is 0 Å². The lowest BCUT2D eigenvalue weighted by molar-refractivity contribution is -0.204. The Balaban J connectivity index is -0.0000000458. The molecule has 0 saturated heterocycles. The average molecular weight is 788 g/mol. The van der Waals surface area contributed by atoms with Crippen molar-refractivity contribution in [2.45, 2.75) is 256 Å². The quantitative estimate of drug-likeness (QED) is 0.244. The summed E-state index contributed by atoms with van der Waals surface area (Å²) >= 11 is 0. The Hall–Kier alpha value is -0.560. The molecule has 0 aromatic heterocycles. The van der Waals surface area contributed by atoms with E-state index in [1.165, 1.54) is 66.2 Å². The van der Waals surface area contributed by atoms with Crippen molar-refractivity contribution in [1.82, 2.24) is 0 Å². The fourth-order valence-electron chi connectivity index (χ4n) is 0.354. The van der Waals surface area contributed by atoms with Crippen molar-refractivity contribution in [3.8, 4) is 0 Å². The highest BCUT2D eigenvalue weighted by Crippen LogP contribution is 2.36. The summed E-state index contributed by atoms with van der Waals surface area (Å²) in [5.41, 5.74) is -1.56. The monoisotopic (exact) mass is 788 g/mol. The van der Waals surface area contributed by atoms with Gasteiger partial charge in [0.25, 0.3) is 0 Å². The van der Waals surface area contributed by atoms with Crippen LogP contribution in [0, 0.1) is 35.0 Å².